The summed E-state index contributed by atoms with van der Waals surface area (Å²) in [7, 11) is 0. The molecule has 0 aliphatic heterocycles. The Hall–Kier alpha value is -4.33. The summed E-state index contributed by atoms with van der Waals surface area (Å²) in [6.07, 6.45) is 0. The van der Waals surface area contributed by atoms with Crippen molar-refractivity contribution in [1.29, 1.82) is 10.8 Å². The molecule has 0 aliphatic carbocycles. The molecule has 194 valence electrons. The molecular weight excluding hydrogens is 466 g/mol. The fourth-order valence-electron chi connectivity index (χ4n) is 3.79. The summed E-state index contributed by atoms with van der Waals surface area (Å²) < 4.78 is 12.1. The molecule has 1 amide bonds. The second-order valence-corrected chi connectivity index (χ2v) is 9.77. The number of benzene rings is 3. The number of carbonyl (C=O) groups excluding carboxylic acids is 1. The smallest absolute Gasteiger partial charge is 0.254 e. The quantitative estimate of drug-likeness (QED) is 0.200. The number of carbonyl (C=O) groups is 1. The van der Waals surface area contributed by atoms with E-state index in [9.17, 15) is 4.79 Å². The zero-order valence-electron chi connectivity index (χ0n) is 21.7. The Kier molecular flexibility index (Phi) is 8.90. The molecule has 0 heterocycles. The Bertz CT molecular complexity index is 1160. The van der Waals surface area contributed by atoms with Gasteiger partial charge in [0.15, 0.2) is 0 Å². The molecule has 6 N–H and O–H groups in total. The second-order valence-electron chi connectivity index (χ2n) is 9.77. The van der Waals surface area contributed by atoms with Crippen molar-refractivity contribution in [2.24, 2.45) is 23.3 Å². The zero-order valence-corrected chi connectivity index (χ0v) is 21.7. The lowest BCUT2D eigenvalue weighted by Crippen LogP contribution is -2.37. The first kappa shape index (κ1) is 27.3. The van der Waals surface area contributed by atoms with Gasteiger partial charge in [0, 0.05) is 35.8 Å². The van der Waals surface area contributed by atoms with Crippen LogP contribution in [0.2, 0.25) is 0 Å². The average molecular weight is 502 g/mol. The number of ether oxygens (including phenoxy) is 2. The molecule has 0 aliphatic rings. The highest BCUT2D eigenvalue weighted by Gasteiger charge is 2.20. The number of nitrogens with two attached hydrogens (primary N) is 2. The van der Waals surface area contributed by atoms with Crippen LogP contribution in [-0.2, 0) is 0 Å². The molecule has 0 atom stereocenters. The van der Waals surface area contributed by atoms with Gasteiger partial charge in [0.05, 0.1) is 0 Å². The summed E-state index contributed by atoms with van der Waals surface area (Å²) in [5, 5.41) is 15.1. The fourth-order valence-corrected chi connectivity index (χ4v) is 3.79. The van der Waals surface area contributed by atoms with E-state index in [0.29, 0.717) is 64.6 Å². The lowest BCUT2D eigenvalue weighted by molar-refractivity contribution is 0.0714. The third kappa shape index (κ3) is 7.83. The van der Waals surface area contributed by atoms with Crippen molar-refractivity contribution in [2.45, 2.75) is 27.7 Å². The minimum absolute atomic E-state index is 0.0268. The maximum atomic E-state index is 13.6. The molecule has 8 heteroatoms. The maximum Gasteiger partial charge on any atom is 0.254 e. The van der Waals surface area contributed by atoms with Crippen LogP contribution in [0.15, 0.2) is 66.7 Å². The number of nitrogen functional groups attached to an aromatic ring is 2. The summed E-state index contributed by atoms with van der Waals surface area (Å²) in [5.41, 5.74) is 12.7. The van der Waals surface area contributed by atoms with E-state index in [2.05, 4.69) is 27.7 Å². The van der Waals surface area contributed by atoms with Gasteiger partial charge in [-0.3, -0.25) is 15.6 Å². The Morgan fingerprint density at radius 2 is 1.05 bits per heavy atom. The van der Waals surface area contributed by atoms with Crippen LogP contribution >= 0.6 is 0 Å². The molecule has 3 rings (SSSR count). The minimum Gasteiger partial charge on any atom is -0.457 e. The molecule has 8 nitrogen and oxygen atoms in total. The molecule has 3 aromatic carbocycles. The Balaban J connectivity index is 1.97. The molecule has 3 aromatic rings. The standard InChI is InChI=1S/C29H35N5O3/c1-18(2)16-34(17-19(3)4)29(35)22-13-25(36-23-9-5-20(6-10-23)27(30)31)15-26(14-22)37-24-11-7-21(8-12-24)28(32)33/h5-15,18-19H,16-17H2,1-4H3,(H3,30,31)(H3,32,33). The molecule has 0 unspecified atom stereocenters. The molecule has 0 aromatic heterocycles. The Morgan fingerprint density at radius 1 is 0.676 bits per heavy atom. The third-order valence-electron chi connectivity index (χ3n) is 5.39. The predicted molar refractivity (Wildman–Crippen MR) is 147 cm³/mol. The molecule has 0 bridgehead atoms. The summed E-state index contributed by atoms with van der Waals surface area (Å²) in [6.45, 7) is 9.62. The molecule has 0 radical (unpaired) electrons. The van der Waals surface area contributed by atoms with Gasteiger partial charge in [0.2, 0.25) is 0 Å². The first-order chi connectivity index (χ1) is 17.5. The van der Waals surface area contributed by atoms with E-state index in [4.69, 9.17) is 31.8 Å². The number of hydrogen-bond acceptors (Lipinski definition) is 5. The highest BCUT2D eigenvalue weighted by atomic mass is 16.5. The number of nitrogens with zero attached hydrogens (tertiary/aromatic N) is 1. The monoisotopic (exact) mass is 501 g/mol. The zero-order chi connectivity index (χ0) is 27.1. The molecule has 0 spiro atoms. The van der Waals surface area contributed by atoms with Gasteiger partial charge >= 0.3 is 0 Å². The number of rotatable bonds is 11. The highest BCUT2D eigenvalue weighted by Crippen LogP contribution is 2.31. The van der Waals surface area contributed by atoms with Crippen LogP contribution < -0.4 is 20.9 Å². The first-order valence-electron chi connectivity index (χ1n) is 12.2. The maximum absolute atomic E-state index is 13.6. The lowest BCUT2D eigenvalue weighted by atomic mass is 10.1. The van der Waals surface area contributed by atoms with Crippen LogP contribution in [-0.4, -0.2) is 35.6 Å². The highest BCUT2D eigenvalue weighted by molar-refractivity contribution is 5.96. The Morgan fingerprint density at radius 3 is 1.38 bits per heavy atom. The minimum atomic E-state index is -0.100. The first-order valence-corrected chi connectivity index (χ1v) is 12.2. The van der Waals surface area contributed by atoms with Gasteiger partial charge in [-0.25, -0.2) is 0 Å². The van der Waals surface area contributed by atoms with Gasteiger partial charge in [-0.1, -0.05) is 27.7 Å². The van der Waals surface area contributed by atoms with E-state index in [-0.39, 0.29) is 17.6 Å². The van der Waals surface area contributed by atoms with Gasteiger partial charge in [-0.05, 0) is 72.5 Å². The van der Waals surface area contributed by atoms with Gasteiger partial charge in [-0.2, -0.15) is 0 Å². The summed E-state index contributed by atoms with van der Waals surface area (Å²) in [5.74, 6) is 2.42. The number of hydrogen-bond donors (Lipinski definition) is 4. The van der Waals surface area contributed by atoms with Crippen LogP contribution in [0.5, 0.6) is 23.0 Å². The number of amidine groups is 2. The van der Waals surface area contributed by atoms with E-state index in [1.54, 1.807) is 66.7 Å². The van der Waals surface area contributed by atoms with Crippen LogP contribution in [0.3, 0.4) is 0 Å². The summed E-state index contributed by atoms with van der Waals surface area (Å²) >= 11 is 0. The molecule has 0 fully saturated rings. The third-order valence-corrected chi connectivity index (χ3v) is 5.39. The van der Waals surface area contributed by atoms with E-state index in [0.717, 1.165) is 0 Å². The van der Waals surface area contributed by atoms with Crippen LogP contribution in [0.25, 0.3) is 0 Å². The van der Waals surface area contributed by atoms with Crippen molar-refractivity contribution in [2.75, 3.05) is 13.1 Å². The molecule has 0 saturated heterocycles. The molecule has 0 saturated carbocycles. The SMILES string of the molecule is CC(C)CN(CC(C)C)C(=O)c1cc(Oc2ccc(C(=N)N)cc2)cc(Oc2ccc(C(=N)N)cc2)c1. The second kappa shape index (κ2) is 12.1. The van der Waals surface area contributed by atoms with E-state index in [1.807, 2.05) is 4.90 Å². The van der Waals surface area contributed by atoms with Crippen molar-refractivity contribution in [3.05, 3.63) is 83.4 Å². The van der Waals surface area contributed by atoms with Crippen molar-refractivity contribution in [1.82, 2.24) is 4.90 Å². The van der Waals surface area contributed by atoms with Gasteiger partial charge in [0.25, 0.3) is 5.91 Å². The van der Waals surface area contributed by atoms with Crippen LogP contribution in [0.1, 0.15) is 49.2 Å². The summed E-state index contributed by atoms with van der Waals surface area (Å²) in [6, 6.07) is 18.8. The van der Waals surface area contributed by atoms with Gasteiger partial charge < -0.3 is 25.8 Å². The number of nitrogens with one attached hydrogen (secondary N) is 2. The Labute approximate surface area is 218 Å². The van der Waals surface area contributed by atoms with Crippen molar-refractivity contribution < 1.29 is 14.3 Å². The van der Waals surface area contributed by atoms with Gasteiger partial charge in [0.1, 0.15) is 34.7 Å². The van der Waals surface area contributed by atoms with Crippen LogP contribution in [0, 0.1) is 22.7 Å². The molecule has 37 heavy (non-hydrogen) atoms. The van der Waals surface area contributed by atoms with Crippen LogP contribution in [0.4, 0.5) is 0 Å². The predicted octanol–water partition coefficient (Wildman–Crippen LogP) is 5.59. The normalized spacial score (nSPS) is 10.9. The van der Waals surface area contributed by atoms with Crippen molar-refractivity contribution >= 4 is 17.6 Å². The lowest BCUT2D eigenvalue weighted by Gasteiger charge is -2.27. The fraction of sp³-hybridized carbons (Fsp3) is 0.276. The van der Waals surface area contributed by atoms with E-state index >= 15 is 0 Å². The van der Waals surface area contributed by atoms with Crippen molar-refractivity contribution in [3.63, 3.8) is 0 Å². The summed E-state index contributed by atoms with van der Waals surface area (Å²) in [4.78, 5) is 15.5. The van der Waals surface area contributed by atoms with Crippen molar-refractivity contribution in [3.8, 4) is 23.0 Å². The van der Waals surface area contributed by atoms with E-state index < -0.39 is 0 Å². The average Bonchev–Trinajstić information content (AvgIpc) is 2.83. The number of amides is 1. The van der Waals surface area contributed by atoms with Gasteiger partial charge in [-0.15, -0.1) is 0 Å². The molecular formula is C29H35N5O3. The largest absolute Gasteiger partial charge is 0.457 e. The topological polar surface area (TPSA) is 139 Å². The van der Waals surface area contributed by atoms with E-state index in [1.165, 1.54) is 0 Å².